The molecule has 1 atom stereocenters. The summed E-state index contributed by atoms with van der Waals surface area (Å²) in [6.07, 6.45) is 0. The summed E-state index contributed by atoms with van der Waals surface area (Å²) in [6, 6.07) is 16.1. The monoisotopic (exact) mass is 491 g/mol. The van der Waals surface area contributed by atoms with E-state index in [4.69, 9.17) is 4.74 Å². The molecule has 10 heteroatoms. The smallest absolute Gasteiger partial charge is 0.425 e. The first-order valence-electron chi connectivity index (χ1n) is 10.2. The Balaban J connectivity index is 1.89. The van der Waals surface area contributed by atoms with Crippen molar-refractivity contribution in [1.82, 2.24) is 0 Å². The van der Waals surface area contributed by atoms with Crippen molar-refractivity contribution in [2.75, 3.05) is 11.9 Å². The Morgan fingerprint density at radius 3 is 2.15 bits per heavy atom. The minimum Gasteiger partial charge on any atom is -0.425 e. The fraction of sp³-hybridized carbons (Fsp3) is 0.208. The van der Waals surface area contributed by atoms with Gasteiger partial charge in [-0.3, -0.25) is 4.79 Å². The highest BCUT2D eigenvalue weighted by atomic mass is 32.2. The Labute approximate surface area is 194 Å². The minimum atomic E-state index is -5.97. The highest BCUT2D eigenvalue weighted by Crippen LogP contribution is 2.49. The van der Waals surface area contributed by atoms with Crippen molar-refractivity contribution in [1.29, 1.82) is 0 Å². The van der Waals surface area contributed by atoms with Gasteiger partial charge in [-0.2, -0.15) is 21.6 Å². The van der Waals surface area contributed by atoms with Gasteiger partial charge in [-0.1, -0.05) is 42.5 Å². The fourth-order valence-corrected chi connectivity index (χ4v) is 4.52. The molecule has 3 aromatic rings. The topological polar surface area (TPSA) is 72.9 Å². The van der Waals surface area contributed by atoms with Gasteiger partial charge in [0.2, 0.25) is 0 Å². The molecule has 178 valence electrons. The zero-order valence-electron chi connectivity index (χ0n) is 18.4. The first-order chi connectivity index (χ1) is 15.9. The zero-order valence-corrected chi connectivity index (χ0v) is 19.2. The molecule has 0 aliphatic carbocycles. The SMILES string of the molecule is Cc1cccc(C)c1OC(=O)C1c2ccccc2N(C)c2cccc(OS(=O)(=O)C(F)(F)F)c21. The van der Waals surface area contributed by atoms with E-state index in [9.17, 15) is 26.4 Å². The van der Waals surface area contributed by atoms with E-state index in [0.29, 0.717) is 33.8 Å². The molecule has 0 saturated carbocycles. The molecule has 1 aliphatic rings. The number of carbonyl (C=O) groups excluding carboxylic acids is 1. The van der Waals surface area contributed by atoms with Gasteiger partial charge < -0.3 is 13.8 Å². The molecule has 1 heterocycles. The van der Waals surface area contributed by atoms with Gasteiger partial charge >= 0.3 is 21.6 Å². The van der Waals surface area contributed by atoms with Crippen molar-refractivity contribution in [3.05, 3.63) is 82.9 Å². The maximum atomic E-state index is 13.6. The predicted molar refractivity (Wildman–Crippen MR) is 120 cm³/mol. The lowest BCUT2D eigenvalue weighted by Gasteiger charge is -2.35. The van der Waals surface area contributed by atoms with Crippen LogP contribution >= 0.6 is 0 Å². The van der Waals surface area contributed by atoms with Crippen LogP contribution in [-0.2, 0) is 14.9 Å². The van der Waals surface area contributed by atoms with Crippen molar-refractivity contribution in [3.8, 4) is 11.5 Å². The van der Waals surface area contributed by atoms with Crippen LogP contribution in [0.5, 0.6) is 11.5 Å². The Morgan fingerprint density at radius 1 is 0.912 bits per heavy atom. The van der Waals surface area contributed by atoms with E-state index in [1.54, 1.807) is 74.3 Å². The Kier molecular flexibility index (Phi) is 5.80. The molecule has 0 fully saturated rings. The third-order valence-electron chi connectivity index (χ3n) is 5.63. The summed E-state index contributed by atoms with van der Waals surface area (Å²) < 4.78 is 73.1. The number of aryl methyl sites for hydroxylation is 2. The maximum Gasteiger partial charge on any atom is 0.534 e. The first-order valence-corrected chi connectivity index (χ1v) is 11.6. The number of carbonyl (C=O) groups is 1. The second-order valence-corrected chi connectivity index (χ2v) is 9.40. The lowest BCUT2D eigenvalue weighted by Crippen LogP contribution is -2.32. The summed E-state index contributed by atoms with van der Waals surface area (Å²) in [5.74, 6) is -2.29. The molecule has 0 amide bonds. The molecule has 4 rings (SSSR count). The number of alkyl halides is 3. The third-order valence-corrected chi connectivity index (χ3v) is 6.60. The second-order valence-electron chi connectivity index (χ2n) is 7.87. The van der Waals surface area contributed by atoms with Gasteiger partial charge in [0.25, 0.3) is 0 Å². The van der Waals surface area contributed by atoms with Crippen LogP contribution in [0.1, 0.15) is 28.2 Å². The van der Waals surface area contributed by atoms with Crippen LogP contribution in [0.25, 0.3) is 0 Å². The predicted octanol–water partition coefficient (Wildman–Crippen LogP) is 5.35. The number of nitrogens with zero attached hydrogens (tertiary/aromatic N) is 1. The van der Waals surface area contributed by atoms with Crippen LogP contribution in [0.3, 0.4) is 0 Å². The third kappa shape index (κ3) is 3.98. The molecule has 6 nitrogen and oxygen atoms in total. The molecule has 1 aliphatic heterocycles. The summed E-state index contributed by atoms with van der Waals surface area (Å²) in [5, 5.41) is 0. The molecule has 0 aromatic heterocycles. The number of fused-ring (bicyclic) bond motifs is 2. The molecule has 0 radical (unpaired) electrons. The number of ether oxygens (including phenoxy) is 1. The average molecular weight is 491 g/mol. The van der Waals surface area contributed by atoms with Crippen molar-refractivity contribution < 1.29 is 35.3 Å². The van der Waals surface area contributed by atoms with Crippen LogP contribution < -0.4 is 13.8 Å². The molecule has 0 saturated heterocycles. The molecular weight excluding hydrogens is 471 g/mol. The summed E-state index contributed by atoms with van der Waals surface area (Å²) >= 11 is 0. The Bertz CT molecular complexity index is 1370. The quantitative estimate of drug-likeness (QED) is 0.212. The Morgan fingerprint density at radius 2 is 1.50 bits per heavy atom. The van der Waals surface area contributed by atoms with E-state index in [-0.39, 0.29) is 5.56 Å². The minimum absolute atomic E-state index is 0.0345. The van der Waals surface area contributed by atoms with Crippen molar-refractivity contribution >= 4 is 27.5 Å². The summed E-state index contributed by atoms with van der Waals surface area (Å²) in [5.41, 5.74) is -2.91. The highest BCUT2D eigenvalue weighted by Gasteiger charge is 2.49. The lowest BCUT2D eigenvalue weighted by atomic mass is 9.84. The Hall–Kier alpha value is -3.53. The normalized spacial score (nSPS) is 15.4. The number of para-hydroxylation sites is 2. The van der Waals surface area contributed by atoms with Gasteiger partial charge in [-0.25, -0.2) is 0 Å². The fourth-order valence-electron chi connectivity index (χ4n) is 4.04. The van der Waals surface area contributed by atoms with Crippen molar-refractivity contribution in [2.24, 2.45) is 0 Å². The average Bonchev–Trinajstić information content (AvgIpc) is 2.76. The van der Waals surface area contributed by atoms with Crippen LogP contribution in [-0.4, -0.2) is 26.9 Å². The molecule has 0 bridgehead atoms. The molecule has 0 spiro atoms. The molecule has 3 aromatic carbocycles. The number of hydrogen-bond acceptors (Lipinski definition) is 6. The van der Waals surface area contributed by atoms with E-state index >= 15 is 0 Å². The van der Waals surface area contributed by atoms with Crippen LogP contribution in [0.15, 0.2) is 60.7 Å². The molecular formula is C24H20F3NO5S. The van der Waals surface area contributed by atoms with Gasteiger partial charge in [0, 0.05) is 24.0 Å². The number of benzene rings is 3. The van der Waals surface area contributed by atoms with E-state index in [1.807, 2.05) is 0 Å². The van der Waals surface area contributed by atoms with Gasteiger partial charge in [-0.15, -0.1) is 0 Å². The molecule has 34 heavy (non-hydrogen) atoms. The van der Waals surface area contributed by atoms with E-state index in [0.717, 1.165) is 6.07 Å². The second kappa shape index (κ2) is 8.35. The summed E-state index contributed by atoms with van der Waals surface area (Å²) in [7, 11) is -4.31. The largest absolute Gasteiger partial charge is 0.534 e. The standard InChI is InChI=1S/C24H20F3NO5S/c1-14-8-6-9-15(2)22(14)32-23(29)20-16-10-4-5-11-17(16)28(3)18-12-7-13-19(21(18)20)33-34(30,31)24(25,26)27/h4-13,20H,1-3H3. The summed E-state index contributed by atoms with van der Waals surface area (Å²) in [4.78, 5) is 15.2. The van der Waals surface area contributed by atoms with Crippen LogP contribution in [0.4, 0.5) is 24.5 Å². The number of rotatable bonds is 4. The number of esters is 1. The van der Waals surface area contributed by atoms with Crippen LogP contribution in [0, 0.1) is 13.8 Å². The van der Waals surface area contributed by atoms with Crippen LogP contribution in [0.2, 0.25) is 0 Å². The number of anilines is 2. The number of hydrogen-bond donors (Lipinski definition) is 0. The zero-order chi connectivity index (χ0) is 24.8. The van der Waals surface area contributed by atoms with Gasteiger partial charge in [0.05, 0.1) is 0 Å². The highest BCUT2D eigenvalue weighted by molar-refractivity contribution is 7.88. The van der Waals surface area contributed by atoms with E-state index in [2.05, 4.69) is 4.18 Å². The van der Waals surface area contributed by atoms with E-state index in [1.165, 1.54) is 6.07 Å². The lowest BCUT2D eigenvalue weighted by molar-refractivity contribution is -0.135. The number of halogens is 3. The molecule has 1 unspecified atom stereocenters. The maximum absolute atomic E-state index is 13.6. The first kappa shape index (κ1) is 23.6. The van der Waals surface area contributed by atoms with Crippen molar-refractivity contribution in [2.45, 2.75) is 25.3 Å². The van der Waals surface area contributed by atoms with Gasteiger partial charge in [0.15, 0.2) is 0 Å². The summed E-state index contributed by atoms with van der Waals surface area (Å²) in [6.45, 7) is 3.52. The van der Waals surface area contributed by atoms with Gasteiger partial charge in [0.1, 0.15) is 17.4 Å². The van der Waals surface area contributed by atoms with E-state index < -0.39 is 33.3 Å². The molecule has 0 N–H and O–H groups in total. The van der Waals surface area contributed by atoms with Crippen molar-refractivity contribution in [3.63, 3.8) is 0 Å². The van der Waals surface area contributed by atoms with Gasteiger partial charge in [-0.05, 0) is 48.7 Å².